The molecule has 2 aromatic heterocycles. The molecule has 0 fully saturated rings. The van der Waals surface area contributed by atoms with Crippen LogP contribution in [0.3, 0.4) is 0 Å². The largest absolute Gasteiger partial charge is 0.476 e. The van der Waals surface area contributed by atoms with Gasteiger partial charge in [0, 0.05) is 24.5 Å². The first-order chi connectivity index (χ1) is 11.0. The van der Waals surface area contributed by atoms with Gasteiger partial charge in [-0.15, -0.1) is 0 Å². The molecular formula is C16H13ClFN3O2. The highest BCUT2D eigenvalue weighted by Gasteiger charge is 2.16. The van der Waals surface area contributed by atoms with Crippen molar-refractivity contribution >= 4 is 28.9 Å². The topological polar surface area (TPSA) is 66.6 Å². The number of hydrogen-bond donors (Lipinski definition) is 2. The predicted molar refractivity (Wildman–Crippen MR) is 85.6 cm³/mol. The molecule has 0 spiro atoms. The molecule has 3 aromatic rings. The Hall–Kier alpha value is -2.60. The van der Waals surface area contributed by atoms with Crippen LogP contribution in [0.15, 0.2) is 36.7 Å². The van der Waals surface area contributed by atoms with E-state index in [-0.39, 0.29) is 12.2 Å². The summed E-state index contributed by atoms with van der Waals surface area (Å²) in [6.45, 7) is 1.86. The van der Waals surface area contributed by atoms with Crippen molar-refractivity contribution in [2.75, 3.05) is 5.32 Å². The number of nitrogens with zero attached hydrogens (tertiary/aromatic N) is 2. The molecule has 0 saturated heterocycles. The molecule has 0 saturated carbocycles. The molecule has 1 aromatic carbocycles. The molecule has 0 aliphatic heterocycles. The molecule has 5 nitrogen and oxygen atoms in total. The van der Waals surface area contributed by atoms with Gasteiger partial charge in [0.1, 0.15) is 11.5 Å². The fraction of sp³-hybridized carbons (Fsp3) is 0.125. The number of hydrogen-bond acceptors (Lipinski definition) is 3. The number of aryl methyl sites for hydroxylation is 1. The lowest BCUT2D eigenvalue weighted by atomic mass is 10.1. The quantitative estimate of drug-likeness (QED) is 0.763. The van der Waals surface area contributed by atoms with Crippen molar-refractivity contribution in [1.29, 1.82) is 0 Å². The van der Waals surface area contributed by atoms with Crippen molar-refractivity contribution in [3.05, 3.63) is 64.3 Å². The van der Waals surface area contributed by atoms with Gasteiger partial charge < -0.3 is 10.4 Å². The average Bonchev–Trinajstić information content (AvgIpc) is 2.98. The number of fused-ring (bicyclic) bond motifs is 1. The van der Waals surface area contributed by atoms with E-state index >= 15 is 0 Å². The maximum Gasteiger partial charge on any atom is 0.355 e. The second-order valence-corrected chi connectivity index (χ2v) is 5.44. The fourth-order valence-corrected chi connectivity index (χ4v) is 2.64. The third kappa shape index (κ3) is 2.73. The molecule has 2 N–H and O–H groups in total. The molecule has 0 unspecified atom stereocenters. The van der Waals surface area contributed by atoms with Crippen LogP contribution in [-0.4, -0.2) is 20.5 Å². The second kappa shape index (κ2) is 5.89. The minimum absolute atomic E-state index is 0.0317. The van der Waals surface area contributed by atoms with Crippen LogP contribution in [0.4, 0.5) is 10.1 Å². The molecule has 23 heavy (non-hydrogen) atoms. The van der Waals surface area contributed by atoms with Crippen LogP contribution in [0.1, 0.15) is 21.6 Å². The van der Waals surface area contributed by atoms with Crippen LogP contribution < -0.4 is 5.32 Å². The monoisotopic (exact) mass is 333 g/mol. The summed E-state index contributed by atoms with van der Waals surface area (Å²) < 4.78 is 15.4. The molecule has 0 atom stereocenters. The number of aromatic nitrogens is 2. The van der Waals surface area contributed by atoms with E-state index in [4.69, 9.17) is 11.6 Å². The fourth-order valence-electron chi connectivity index (χ4n) is 2.42. The number of nitrogens with one attached hydrogen (secondary N) is 1. The lowest BCUT2D eigenvalue weighted by Crippen LogP contribution is -2.12. The molecule has 118 valence electrons. The first-order valence-corrected chi connectivity index (χ1v) is 7.23. The lowest BCUT2D eigenvalue weighted by molar-refractivity contribution is 0.0690. The standard InChI is InChI=1S/C16H13ClFN3O2/c1-9-2-3-11(18)10(14(9)17)8-20-12-4-5-13-19-6-7-21(13)15(12)16(22)23/h2-7,20H,8H2,1H3,(H,22,23). The van der Waals surface area contributed by atoms with Gasteiger partial charge in [-0.25, -0.2) is 14.2 Å². The molecule has 0 bridgehead atoms. The smallest absolute Gasteiger partial charge is 0.355 e. The Morgan fingerprint density at radius 1 is 1.39 bits per heavy atom. The SMILES string of the molecule is Cc1ccc(F)c(CNc2ccc3nccn3c2C(=O)O)c1Cl. The number of pyridine rings is 1. The van der Waals surface area contributed by atoms with Gasteiger partial charge in [0.25, 0.3) is 0 Å². The Morgan fingerprint density at radius 3 is 2.91 bits per heavy atom. The Morgan fingerprint density at radius 2 is 2.17 bits per heavy atom. The van der Waals surface area contributed by atoms with Gasteiger partial charge in [0.05, 0.1) is 10.7 Å². The summed E-state index contributed by atoms with van der Waals surface area (Å²) in [4.78, 5) is 15.6. The number of carboxylic acid groups (broad SMARTS) is 1. The molecule has 0 aliphatic rings. The van der Waals surface area contributed by atoms with E-state index in [9.17, 15) is 14.3 Å². The minimum atomic E-state index is -1.10. The Bertz CT molecular complexity index is 908. The summed E-state index contributed by atoms with van der Waals surface area (Å²) in [7, 11) is 0. The average molecular weight is 334 g/mol. The molecule has 3 rings (SSSR count). The maximum atomic E-state index is 13.9. The number of benzene rings is 1. The molecular weight excluding hydrogens is 321 g/mol. The van der Waals surface area contributed by atoms with Crippen molar-refractivity contribution in [3.63, 3.8) is 0 Å². The van der Waals surface area contributed by atoms with Gasteiger partial charge in [0.15, 0.2) is 5.69 Å². The molecule has 2 heterocycles. The summed E-state index contributed by atoms with van der Waals surface area (Å²) >= 11 is 6.13. The van der Waals surface area contributed by atoms with Gasteiger partial charge in [-0.1, -0.05) is 17.7 Å². The molecule has 0 amide bonds. The van der Waals surface area contributed by atoms with Crippen LogP contribution in [0.5, 0.6) is 0 Å². The number of halogens is 2. The van der Waals surface area contributed by atoms with E-state index in [0.29, 0.717) is 21.9 Å². The van der Waals surface area contributed by atoms with Crippen LogP contribution in [0.25, 0.3) is 5.65 Å². The predicted octanol–water partition coefficient (Wildman–Crippen LogP) is 3.75. The first-order valence-electron chi connectivity index (χ1n) is 6.85. The van der Waals surface area contributed by atoms with Gasteiger partial charge in [-0.2, -0.15) is 0 Å². The molecule has 7 heteroatoms. The number of aromatic carboxylic acids is 1. The molecule has 0 aliphatic carbocycles. The summed E-state index contributed by atoms with van der Waals surface area (Å²) in [5.41, 5.74) is 1.97. The van der Waals surface area contributed by atoms with Crippen molar-refractivity contribution in [1.82, 2.24) is 9.38 Å². The Labute approximate surface area is 136 Å². The van der Waals surface area contributed by atoms with E-state index in [0.717, 1.165) is 5.56 Å². The van der Waals surface area contributed by atoms with E-state index < -0.39 is 11.8 Å². The van der Waals surface area contributed by atoms with Gasteiger partial charge in [-0.05, 0) is 30.7 Å². The zero-order chi connectivity index (χ0) is 16.6. The first kappa shape index (κ1) is 15.3. The minimum Gasteiger partial charge on any atom is -0.476 e. The van der Waals surface area contributed by atoms with E-state index in [1.807, 2.05) is 0 Å². The van der Waals surface area contributed by atoms with E-state index in [1.54, 1.807) is 31.3 Å². The van der Waals surface area contributed by atoms with E-state index in [1.165, 1.54) is 16.7 Å². The van der Waals surface area contributed by atoms with Gasteiger partial charge in [-0.3, -0.25) is 4.40 Å². The van der Waals surface area contributed by atoms with Crippen molar-refractivity contribution in [2.45, 2.75) is 13.5 Å². The third-order valence-corrected chi connectivity index (χ3v) is 4.13. The second-order valence-electron chi connectivity index (χ2n) is 5.07. The van der Waals surface area contributed by atoms with Crippen LogP contribution in [-0.2, 0) is 6.54 Å². The normalized spacial score (nSPS) is 10.9. The van der Waals surface area contributed by atoms with Crippen molar-refractivity contribution in [3.8, 4) is 0 Å². The summed E-state index contributed by atoms with van der Waals surface area (Å²) in [6, 6.07) is 6.23. The number of anilines is 1. The number of imidazole rings is 1. The summed E-state index contributed by atoms with van der Waals surface area (Å²) in [6.07, 6.45) is 3.08. The highest BCUT2D eigenvalue weighted by molar-refractivity contribution is 6.32. The third-order valence-electron chi connectivity index (χ3n) is 3.60. The van der Waals surface area contributed by atoms with E-state index in [2.05, 4.69) is 10.3 Å². The molecule has 0 radical (unpaired) electrons. The zero-order valence-electron chi connectivity index (χ0n) is 12.2. The Balaban J connectivity index is 1.98. The lowest BCUT2D eigenvalue weighted by Gasteiger charge is -2.13. The van der Waals surface area contributed by atoms with Crippen LogP contribution in [0.2, 0.25) is 5.02 Å². The summed E-state index contributed by atoms with van der Waals surface area (Å²) in [5, 5.41) is 12.7. The number of carboxylic acids is 1. The van der Waals surface area contributed by atoms with Gasteiger partial charge in [0.2, 0.25) is 0 Å². The van der Waals surface area contributed by atoms with Crippen LogP contribution >= 0.6 is 11.6 Å². The van der Waals surface area contributed by atoms with Crippen molar-refractivity contribution in [2.24, 2.45) is 0 Å². The van der Waals surface area contributed by atoms with Crippen LogP contribution in [0, 0.1) is 12.7 Å². The Kier molecular flexibility index (Phi) is 3.92. The highest BCUT2D eigenvalue weighted by Crippen LogP contribution is 2.25. The highest BCUT2D eigenvalue weighted by atomic mass is 35.5. The maximum absolute atomic E-state index is 13.9. The zero-order valence-corrected chi connectivity index (χ0v) is 12.9. The van der Waals surface area contributed by atoms with Crippen molar-refractivity contribution < 1.29 is 14.3 Å². The van der Waals surface area contributed by atoms with Gasteiger partial charge >= 0.3 is 5.97 Å². The summed E-state index contributed by atoms with van der Waals surface area (Å²) in [5.74, 6) is -1.54. The number of rotatable bonds is 4. The number of carbonyl (C=O) groups is 1.